The van der Waals surface area contributed by atoms with E-state index in [-0.39, 0.29) is 5.91 Å². The Morgan fingerprint density at radius 2 is 2.00 bits per heavy atom. The highest BCUT2D eigenvalue weighted by Crippen LogP contribution is 2.23. The highest BCUT2D eigenvalue weighted by molar-refractivity contribution is 6.08. The molecule has 118 valence electrons. The van der Waals surface area contributed by atoms with Crippen molar-refractivity contribution in [3.8, 4) is 0 Å². The summed E-state index contributed by atoms with van der Waals surface area (Å²) in [4.78, 5) is 16.7. The molecule has 2 aromatic heterocycles. The average Bonchev–Trinajstić information content (AvgIpc) is 2.90. The number of fused-ring (bicyclic) bond motifs is 1. The van der Waals surface area contributed by atoms with Crippen molar-refractivity contribution < 1.29 is 4.79 Å². The van der Waals surface area contributed by atoms with Gasteiger partial charge in [-0.25, -0.2) is 4.98 Å². The molecule has 0 radical (unpaired) electrons. The van der Waals surface area contributed by atoms with E-state index in [4.69, 9.17) is 0 Å². The van der Waals surface area contributed by atoms with E-state index in [0.29, 0.717) is 11.6 Å². The first-order valence-electron chi connectivity index (χ1n) is 7.49. The molecular formula is C17H19N5O. The molecular weight excluding hydrogens is 290 g/mol. The minimum Gasteiger partial charge on any atom is -0.368 e. The molecule has 23 heavy (non-hydrogen) atoms. The molecule has 2 N–H and O–H groups in total. The number of hydrogen-bond donors (Lipinski definition) is 2. The normalized spacial score (nSPS) is 11.0. The van der Waals surface area contributed by atoms with E-state index < -0.39 is 0 Å². The van der Waals surface area contributed by atoms with E-state index >= 15 is 0 Å². The van der Waals surface area contributed by atoms with Gasteiger partial charge < -0.3 is 10.6 Å². The van der Waals surface area contributed by atoms with Crippen LogP contribution in [0.4, 0.5) is 11.5 Å². The van der Waals surface area contributed by atoms with Gasteiger partial charge >= 0.3 is 0 Å². The summed E-state index contributed by atoms with van der Waals surface area (Å²) in [5, 5.41) is 11.2. The van der Waals surface area contributed by atoms with Gasteiger partial charge in [-0.15, -0.1) is 0 Å². The number of nitrogens with one attached hydrogen (secondary N) is 2. The van der Waals surface area contributed by atoms with Gasteiger partial charge in [0.2, 0.25) is 0 Å². The molecule has 0 atom stereocenters. The summed E-state index contributed by atoms with van der Waals surface area (Å²) in [5.74, 6) is 0.566. The number of aromatic nitrogens is 3. The van der Waals surface area contributed by atoms with Crippen LogP contribution in [0.15, 0.2) is 42.7 Å². The van der Waals surface area contributed by atoms with Gasteiger partial charge in [0.05, 0.1) is 23.0 Å². The standard InChI is InChI=1S/C17H19N5O/c1-11(2)20-16-8-7-12(9-18-16)17(23)21-14-5-4-6-15-13(14)10-19-22(15)3/h4-11H,1-3H3,(H,18,20)(H,21,23). The van der Waals surface area contributed by atoms with Gasteiger partial charge in [-0.3, -0.25) is 9.48 Å². The lowest BCUT2D eigenvalue weighted by Gasteiger charge is -2.10. The number of nitrogens with zero attached hydrogens (tertiary/aromatic N) is 3. The maximum atomic E-state index is 12.4. The third-order valence-electron chi connectivity index (χ3n) is 3.50. The molecule has 3 rings (SSSR count). The van der Waals surface area contributed by atoms with E-state index in [0.717, 1.165) is 22.4 Å². The first-order valence-corrected chi connectivity index (χ1v) is 7.49. The molecule has 0 saturated heterocycles. The Kier molecular flexibility index (Phi) is 3.97. The number of aryl methyl sites for hydroxylation is 1. The minimum atomic E-state index is -0.190. The van der Waals surface area contributed by atoms with Crippen molar-refractivity contribution in [1.29, 1.82) is 0 Å². The molecule has 0 fully saturated rings. The van der Waals surface area contributed by atoms with E-state index in [1.54, 1.807) is 29.2 Å². The van der Waals surface area contributed by atoms with Crippen LogP contribution in [0.1, 0.15) is 24.2 Å². The summed E-state index contributed by atoms with van der Waals surface area (Å²) in [7, 11) is 1.87. The van der Waals surface area contributed by atoms with Crippen LogP contribution in [0, 0.1) is 0 Å². The van der Waals surface area contributed by atoms with Crippen molar-refractivity contribution >= 4 is 28.3 Å². The van der Waals surface area contributed by atoms with E-state index in [2.05, 4.69) is 20.7 Å². The number of pyridine rings is 1. The minimum absolute atomic E-state index is 0.190. The highest BCUT2D eigenvalue weighted by atomic mass is 16.1. The van der Waals surface area contributed by atoms with Crippen LogP contribution < -0.4 is 10.6 Å². The third-order valence-corrected chi connectivity index (χ3v) is 3.50. The molecule has 0 unspecified atom stereocenters. The summed E-state index contributed by atoms with van der Waals surface area (Å²) in [5.41, 5.74) is 2.22. The molecule has 0 aliphatic carbocycles. The summed E-state index contributed by atoms with van der Waals surface area (Å²) < 4.78 is 1.78. The highest BCUT2D eigenvalue weighted by Gasteiger charge is 2.10. The molecule has 6 heteroatoms. The van der Waals surface area contributed by atoms with Gasteiger partial charge in [0.15, 0.2) is 0 Å². The number of hydrogen-bond acceptors (Lipinski definition) is 4. The van der Waals surface area contributed by atoms with Gasteiger partial charge in [-0.1, -0.05) is 6.07 Å². The summed E-state index contributed by atoms with van der Waals surface area (Å²) in [6.07, 6.45) is 3.32. The lowest BCUT2D eigenvalue weighted by atomic mass is 10.2. The van der Waals surface area contributed by atoms with Crippen molar-refractivity contribution in [2.45, 2.75) is 19.9 Å². The van der Waals surface area contributed by atoms with Gasteiger partial charge in [0.25, 0.3) is 5.91 Å². The second-order valence-electron chi connectivity index (χ2n) is 5.69. The van der Waals surface area contributed by atoms with Gasteiger partial charge in [0.1, 0.15) is 5.82 Å². The molecule has 1 aromatic carbocycles. The van der Waals surface area contributed by atoms with Crippen LogP contribution in [0.25, 0.3) is 10.9 Å². The number of amides is 1. The molecule has 0 aliphatic heterocycles. The lowest BCUT2D eigenvalue weighted by molar-refractivity contribution is 0.102. The first kappa shape index (κ1) is 15.0. The number of carbonyl (C=O) groups is 1. The predicted octanol–water partition coefficient (Wildman–Crippen LogP) is 3.04. The van der Waals surface area contributed by atoms with E-state index in [1.807, 2.05) is 39.1 Å². The quantitative estimate of drug-likeness (QED) is 0.777. The van der Waals surface area contributed by atoms with Crippen LogP contribution >= 0.6 is 0 Å². The average molecular weight is 309 g/mol. The Morgan fingerprint density at radius 3 is 2.70 bits per heavy atom. The molecule has 0 bridgehead atoms. The zero-order valence-corrected chi connectivity index (χ0v) is 13.4. The number of benzene rings is 1. The fraction of sp³-hybridized carbons (Fsp3) is 0.235. The molecule has 0 saturated carbocycles. The van der Waals surface area contributed by atoms with Gasteiger partial charge in [-0.2, -0.15) is 5.10 Å². The topological polar surface area (TPSA) is 71.8 Å². The SMILES string of the molecule is CC(C)Nc1ccc(C(=O)Nc2cccc3c2cnn3C)cn1. The van der Waals surface area contributed by atoms with Crippen molar-refractivity contribution in [1.82, 2.24) is 14.8 Å². The maximum absolute atomic E-state index is 12.4. The molecule has 6 nitrogen and oxygen atoms in total. The zero-order chi connectivity index (χ0) is 16.4. The summed E-state index contributed by atoms with van der Waals surface area (Å²) >= 11 is 0. The second kappa shape index (κ2) is 6.08. The van der Waals surface area contributed by atoms with Crippen LogP contribution in [-0.4, -0.2) is 26.7 Å². The molecule has 3 aromatic rings. The van der Waals surface area contributed by atoms with Gasteiger partial charge in [0, 0.05) is 24.7 Å². The molecule has 1 amide bonds. The Labute approximate surface area is 134 Å². The largest absolute Gasteiger partial charge is 0.368 e. The number of carbonyl (C=O) groups excluding carboxylic acids is 1. The van der Waals surface area contributed by atoms with E-state index in [9.17, 15) is 4.79 Å². The van der Waals surface area contributed by atoms with E-state index in [1.165, 1.54) is 0 Å². The van der Waals surface area contributed by atoms with Crippen molar-refractivity contribution in [2.75, 3.05) is 10.6 Å². The molecule has 2 heterocycles. The Morgan fingerprint density at radius 1 is 1.17 bits per heavy atom. The monoisotopic (exact) mass is 309 g/mol. The Bertz CT molecular complexity index is 836. The molecule has 0 aliphatic rings. The van der Waals surface area contributed by atoms with Crippen molar-refractivity contribution in [3.63, 3.8) is 0 Å². The maximum Gasteiger partial charge on any atom is 0.257 e. The third kappa shape index (κ3) is 3.15. The summed E-state index contributed by atoms with van der Waals surface area (Å²) in [6, 6.07) is 9.59. The Hall–Kier alpha value is -2.89. The van der Waals surface area contributed by atoms with Crippen LogP contribution in [0.5, 0.6) is 0 Å². The van der Waals surface area contributed by atoms with Gasteiger partial charge in [-0.05, 0) is 38.1 Å². The zero-order valence-electron chi connectivity index (χ0n) is 13.4. The van der Waals surface area contributed by atoms with Crippen molar-refractivity contribution in [2.24, 2.45) is 7.05 Å². The molecule has 0 spiro atoms. The van der Waals surface area contributed by atoms with Crippen LogP contribution in [0.2, 0.25) is 0 Å². The van der Waals surface area contributed by atoms with Crippen LogP contribution in [0.3, 0.4) is 0 Å². The number of anilines is 2. The lowest BCUT2D eigenvalue weighted by Crippen LogP contribution is -2.14. The number of rotatable bonds is 4. The summed E-state index contributed by atoms with van der Waals surface area (Å²) in [6.45, 7) is 4.08. The second-order valence-corrected chi connectivity index (χ2v) is 5.69. The Balaban J connectivity index is 1.80. The fourth-order valence-electron chi connectivity index (χ4n) is 2.39. The predicted molar refractivity (Wildman–Crippen MR) is 91.7 cm³/mol. The first-order chi connectivity index (χ1) is 11.0. The fourth-order valence-corrected chi connectivity index (χ4v) is 2.39. The van der Waals surface area contributed by atoms with Crippen molar-refractivity contribution in [3.05, 3.63) is 48.3 Å². The van der Waals surface area contributed by atoms with Crippen LogP contribution in [-0.2, 0) is 7.05 Å². The smallest absolute Gasteiger partial charge is 0.257 e.